The van der Waals surface area contributed by atoms with Gasteiger partial charge in [0.1, 0.15) is 34.1 Å². The van der Waals surface area contributed by atoms with E-state index in [4.69, 9.17) is 23.7 Å². The van der Waals surface area contributed by atoms with E-state index in [2.05, 4.69) is 0 Å². The standard InChI is InChI=1S/C22H27NO6S/c1-25-15-8-14(9-16(10-15)26-2)13-23-20(24)6-7-30-22(23)21-18(28-4)11-17(27-3)12-19(21)29-5/h8-12,22H,6-7,13H2,1-5H3. The van der Waals surface area contributed by atoms with E-state index in [9.17, 15) is 4.79 Å². The molecule has 1 heterocycles. The zero-order chi connectivity index (χ0) is 21.7. The summed E-state index contributed by atoms with van der Waals surface area (Å²) < 4.78 is 27.4. The lowest BCUT2D eigenvalue weighted by Gasteiger charge is -2.36. The molecule has 1 saturated heterocycles. The Kier molecular flexibility index (Phi) is 7.20. The van der Waals surface area contributed by atoms with Crippen LogP contribution < -0.4 is 23.7 Å². The van der Waals surface area contributed by atoms with Crippen LogP contribution in [0.1, 0.15) is 22.9 Å². The highest BCUT2D eigenvalue weighted by atomic mass is 32.2. The lowest BCUT2D eigenvalue weighted by atomic mass is 10.1. The molecule has 0 aromatic heterocycles. The number of carbonyl (C=O) groups excluding carboxylic acids is 1. The van der Waals surface area contributed by atoms with Crippen molar-refractivity contribution < 1.29 is 28.5 Å². The van der Waals surface area contributed by atoms with Gasteiger partial charge in [-0.3, -0.25) is 4.79 Å². The van der Waals surface area contributed by atoms with Crippen molar-refractivity contribution in [2.45, 2.75) is 18.3 Å². The minimum atomic E-state index is -0.265. The summed E-state index contributed by atoms with van der Waals surface area (Å²) in [5, 5.41) is -0.265. The molecule has 2 aromatic carbocycles. The highest BCUT2D eigenvalue weighted by Gasteiger charge is 2.34. The highest BCUT2D eigenvalue weighted by Crippen LogP contribution is 2.48. The molecule has 1 unspecified atom stereocenters. The molecule has 1 amide bonds. The van der Waals surface area contributed by atoms with Crippen molar-refractivity contribution in [3.63, 3.8) is 0 Å². The number of ether oxygens (including phenoxy) is 5. The fraction of sp³-hybridized carbons (Fsp3) is 0.409. The van der Waals surface area contributed by atoms with Gasteiger partial charge in [-0.1, -0.05) is 0 Å². The summed E-state index contributed by atoms with van der Waals surface area (Å²) in [6.45, 7) is 0.405. The Morgan fingerprint density at radius 1 is 0.833 bits per heavy atom. The van der Waals surface area contributed by atoms with E-state index in [1.165, 1.54) is 0 Å². The maximum Gasteiger partial charge on any atom is 0.224 e. The molecule has 1 aliphatic heterocycles. The van der Waals surface area contributed by atoms with Crippen molar-refractivity contribution in [3.05, 3.63) is 41.5 Å². The third-order valence-electron chi connectivity index (χ3n) is 4.96. The maximum atomic E-state index is 13.0. The number of benzene rings is 2. The summed E-state index contributed by atoms with van der Waals surface area (Å²) in [4.78, 5) is 14.8. The van der Waals surface area contributed by atoms with Gasteiger partial charge in [0.25, 0.3) is 0 Å². The van der Waals surface area contributed by atoms with Gasteiger partial charge in [-0.15, -0.1) is 11.8 Å². The Bertz CT molecular complexity index is 856. The average molecular weight is 434 g/mol. The fourth-order valence-electron chi connectivity index (χ4n) is 3.46. The summed E-state index contributed by atoms with van der Waals surface area (Å²) in [7, 11) is 8.01. The Balaban J connectivity index is 2.03. The van der Waals surface area contributed by atoms with Crippen LogP contribution in [-0.2, 0) is 11.3 Å². The molecule has 8 heteroatoms. The van der Waals surface area contributed by atoms with E-state index >= 15 is 0 Å². The molecular weight excluding hydrogens is 406 g/mol. The second kappa shape index (κ2) is 9.84. The van der Waals surface area contributed by atoms with Gasteiger partial charge in [0.05, 0.1) is 41.1 Å². The monoisotopic (exact) mass is 433 g/mol. The lowest BCUT2D eigenvalue weighted by Crippen LogP contribution is -2.37. The van der Waals surface area contributed by atoms with E-state index in [-0.39, 0.29) is 11.3 Å². The van der Waals surface area contributed by atoms with Crippen LogP contribution in [0.15, 0.2) is 30.3 Å². The number of carbonyl (C=O) groups is 1. The summed E-state index contributed by atoms with van der Waals surface area (Å²) in [6, 6.07) is 9.25. The van der Waals surface area contributed by atoms with Gasteiger partial charge >= 0.3 is 0 Å². The Morgan fingerprint density at radius 3 is 1.87 bits per heavy atom. The van der Waals surface area contributed by atoms with E-state index in [0.717, 1.165) is 16.9 Å². The van der Waals surface area contributed by atoms with Gasteiger partial charge < -0.3 is 28.6 Å². The molecule has 0 aliphatic carbocycles. The normalized spacial score (nSPS) is 16.2. The van der Waals surface area contributed by atoms with Crippen molar-refractivity contribution in [1.29, 1.82) is 0 Å². The van der Waals surface area contributed by atoms with Crippen LogP contribution in [0.3, 0.4) is 0 Å². The largest absolute Gasteiger partial charge is 0.497 e. The van der Waals surface area contributed by atoms with Gasteiger partial charge in [-0.25, -0.2) is 0 Å². The van der Waals surface area contributed by atoms with Gasteiger partial charge in [0, 0.05) is 36.9 Å². The van der Waals surface area contributed by atoms with Gasteiger partial charge in [0.2, 0.25) is 5.91 Å². The van der Waals surface area contributed by atoms with E-state index < -0.39 is 0 Å². The van der Waals surface area contributed by atoms with Gasteiger partial charge in [-0.05, 0) is 17.7 Å². The minimum Gasteiger partial charge on any atom is -0.497 e. The predicted molar refractivity (Wildman–Crippen MR) is 116 cm³/mol. The highest BCUT2D eigenvalue weighted by molar-refractivity contribution is 7.99. The van der Waals surface area contributed by atoms with E-state index in [1.807, 2.05) is 35.2 Å². The molecule has 162 valence electrons. The second-order valence-electron chi connectivity index (χ2n) is 6.66. The molecule has 0 spiro atoms. The van der Waals surface area contributed by atoms with Crippen LogP contribution in [0.25, 0.3) is 0 Å². The first-order chi connectivity index (χ1) is 14.5. The fourth-order valence-corrected chi connectivity index (χ4v) is 4.75. The summed E-state index contributed by atoms with van der Waals surface area (Å²) in [5.74, 6) is 4.01. The maximum absolute atomic E-state index is 13.0. The first-order valence-electron chi connectivity index (χ1n) is 9.47. The minimum absolute atomic E-state index is 0.0699. The number of hydrogen-bond donors (Lipinski definition) is 0. The van der Waals surface area contributed by atoms with Crippen LogP contribution in [-0.4, -0.2) is 52.1 Å². The third kappa shape index (κ3) is 4.53. The molecular formula is C22H27NO6S. The topological polar surface area (TPSA) is 66.5 Å². The van der Waals surface area contributed by atoms with Crippen molar-refractivity contribution in [2.24, 2.45) is 0 Å². The number of methoxy groups -OCH3 is 5. The van der Waals surface area contributed by atoms with Gasteiger partial charge in [0.15, 0.2) is 0 Å². The molecule has 1 atom stereocenters. The first kappa shape index (κ1) is 22.0. The molecule has 1 fully saturated rings. The molecule has 0 radical (unpaired) electrons. The van der Waals surface area contributed by atoms with Crippen molar-refractivity contribution in [3.8, 4) is 28.7 Å². The third-order valence-corrected chi connectivity index (χ3v) is 6.21. The van der Waals surface area contributed by atoms with Crippen LogP contribution in [0, 0.1) is 0 Å². The smallest absolute Gasteiger partial charge is 0.224 e. The second-order valence-corrected chi connectivity index (χ2v) is 7.85. The van der Waals surface area contributed by atoms with Crippen LogP contribution >= 0.6 is 11.8 Å². The molecule has 0 bridgehead atoms. The quantitative estimate of drug-likeness (QED) is 0.626. The van der Waals surface area contributed by atoms with Crippen LogP contribution in [0.2, 0.25) is 0 Å². The number of thioether (sulfide) groups is 1. The molecule has 3 rings (SSSR count). The van der Waals surface area contributed by atoms with Crippen molar-refractivity contribution in [1.82, 2.24) is 4.90 Å². The van der Waals surface area contributed by atoms with Crippen LogP contribution in [0.5, 0.6) is 28.7 Å². The van der Waals surface area contributed by atoms with Crippen molar-refractivity contribution in [2.75, 3.05) is 41.3 Å². The zero-order valence-corrected chi connectivity index (χ0v) is 18.7. The Hall–Kier alpha value is -2.74. The van der Waals surface area contributed by atoms with E-state index in [1.54, 1.807) is 47.3 Å². The molecule has 1 aliphatic rings. The lowest BCUT2D eigenvalue weighted by molar-refractivity contribution is -0.132. The van der Waals surface area contributed by atoms with Gasteiger partial charge in [-0.2, -0.15) is 0 Å². The Labute approximate surface area is 181 Å². The molecule has 0 saturated carbocycles. The number of nitrogens with zero attached hydrogens (tertiary/aromatic N) is 1. The number of amides is 1. The average Bonchev–Trinajstić information content (AvgIpc) is 2.79. The molecule has 30 heavy (non-hydrogen) atoms. The number of hydrogen-bond acceptors (Lipinski definition) is 7. The predicted octanol–water partition coefficient (Wildman–Crippen LogP) is 3.89. The molecule has 2 aromatic rings. The molecule has 7 nitrogen and oxygen atoms in total. The van der Waals surface area contributed by atoms with Crippen molar-refractivity contribution >= 4 is 17.7 Å². The van der Waals surface area contributed by atoms with Crippen LogP contribution in [0.4, 0.5) is 0 Å². The molecule has 0 N–H and O–H groups in total. The summed E-state index contributed by atoms with van der Waals surface area (Å²) >= 11 is 1.68. The summed E-state index contributed by atoms with van der Waals surface area (Å²) in [6.07, 6.45) is 0.475. The Morgan fingerprint density at radius 2 is 1.37 bits per heavy atom. The summed E-state index contributed by atoms with van der Waals surface area (Å²) in [5.41, 5.74) is 1.73. The van der Waals surface area contributed by atoms with E-state index in [0.29, 0.717) is 41.7 Å². The SMILES string of the molecule is COc1cc(CN2C(=O)CCSC2c2c(OC)cc(OC)cc2OC)cc(OC)c1. The first-order valence-corrected chi connectivity index (χ1v) is 10.5. The zero-order valence-electron chi connectivity index (χ0n) is 17.9. The number of rotatable bonds is 8.